The summed E-state index contributed by atoms with van der Waals surface area (Å²) in [6.07, 6.45) is 0. The first kappa shape index (κ1) is 13.7. The Balaban J connectivity index is 0.00000128. The van der Waals surface area contributed by atoms with Crippen molar-refractivity contribution >= 4 is 36.4 Å². The summed E-state index contributed by atoms with van der Waals surface area (Å²) in [6, 6.07) is 8.07. The molecule has 1 aromatic rings. The van der Waals surface area contributed by atoms with Gasteiger partial charge < -0.3 is 0 Å². The zero-order valence-corrected chi connectivity index (χ0v) is 12.1. The molecule has 5 heteroatoms. The van der Waals surface area contributed by atoms with Crippen LogP contribution in [0.5, 0.6) is 0 Å². The van der Waals surface area contributed by atoms with Crippen LogP contribution in [0.4, 0.5) is 5.69 Å². The summed E-state index contributed by atoms with van der Waals surface area (Å²) in [6.45, 7) is 1.97. The van der Waals surface area contributed by atoms with Crippen LogP contribution in [0.3, 0.4) is 0 Å². The number of likely N-dealkylation sites (N-methyl/N-ethyl adjacent to an activating group) is 1. The van der Waals surface area contributed by atoms with Gasteiger partial charge in [0, 0.05) is 0 Å². The molecule has 2 rings (SSSR count). The van der Waals surface area contributed by atoms with Gasteiger partial charge in [0.15, 0.2) is 0 Å². The van der Waals surface area contributed by atoms with Gasteiger partial charge in [-0.1, -0.05) is 0 Å². The first-order chi connectivity index (χ1) is 7.18. The van der Waals surface area contributed by atoms with E-state index >= 15 is 0 Å². The normalized spacial score (nSPS) is 18.4. The summed E-state index contributed by atoms with van der Waals surface area (Å²) in [4.78, 5) is 4.40. The number of halogens is 1. The number of para-hydroxylation sites is 1. The Morgan fingerprint density at radius 2 is 2.06 bits per heavy atom. The van der Waals surface area contributed by atoms with E-state index in [2.05, 4.69) is 30.0 Å². The fraction of sp³-hybridized carbons (Fsp3) is 0.455. The number of nitrogens with zero attached hydrogens (tertiary/aromatic N) is 2. The van der Waals surface area contributed by atoms with Crippen LogP contribution in [0.2, 0.25) is 0 Å². The van der Waals surface area contributed by atoms with Gasteiger partial charge in [0.1, 0.15) is 0 Å². The predicted molar refractivity (Wildman–Crippen MR) is 70.5 cm³/mol. The molecule has 0 radical (unpaired) electrons. The van der Waals surface area contributed by atoms with E-state index in [1.807, 2.05) is 18.2 Å². The number of rotatable bonds is 3. The molecule has 0 saturated carbocycles. The molecule has 0 aromatic heterocycles. The Labute approximate surface area is 107 Å². The van der Waals surface area contributed by atoms with Gasteiger partial charge in [-0.2, -0.15) is 0 Å². The number of hydrogen-bond donors (Lipinski definition) is 0. The first-order valence-electron chi connectivity index (χ1n) is 5.05. The van der Waals surface area contributed by atoms with E-state index in [9.17, 15) is 3.83 Å². The number of anilines is 1. The topological polar surface area (TPSA) is 23.6 Å². The maximum absolute atomic E-state index is 11.9. The van der Waals surface area contributed by atoms with E-state index in [1.54, 1.807) is 0 Å². The van der Waals surface area contributed by atoms with E-state index in [1.165, 1.54) is 5.69 Å². The minimum absolute atomic E-state index is 0. The summed E-state index contributed by atoms with van der Waals surface area (Å²) < 4.78 is 13.0. The molecule has 1 aliphatic heterocycles. The standard InChI is InChI=1S/C11H16N2OSe.ClH/c1-12(2)7-8-13-9-15(14)11-6-4-3-5-10(11)13;/h3-6H,7-9H2,1-2H3;1H. The van der Waals surface area contributed by atoms with E-state index in [4.69, 9.17) is 0 Å². The van der Waals surface area contributed by atoms with Crippen molar-refractivity contribution in [2.24, 2.45) is 0 Å². The quantitative estimate of drug-likeness (QED) is 0.767. The second-order valence-electron chi connectivity index (χ2n) is 4.01. The predicted octanol–water partition coefficient (Wildman–Crippen LogP) is 0.658. The van der Waals surface area contributed by atoms with Crippen molar-refractivity contribution < 1.29 is 3.83 Å². The molecule has 1 aromatic carbocycles. The number of benzene rings is 1. The van der Waals surface area contributed by atoms with Gasteiger partial charge in [0.25, 0.3) is 0 Å². The van der Waals surface area contributed by atoms with E-state index < -0.39 is 13.8 Å². The van der Waals surface area contributed by atoms with Gasteiger partial charge in [0.05, 0.1) is 0 Å². The maximum Gasteiger partial charge on any atom is -0.147 e. The average molecular weight is 308 g/mol. The monoisotopic (exact) mass is 308 g/mol. The van der Waals surface area contributed by atoms with Crippen LogP contribution in [0.25, 0.3) is 0 Å². The summed E-state index contributed by atoms with van der Waals surface area (Å²) in [7, 11) is 4.12. The van der Waals surface area contributed by atoms with Crippen molar-refractivity contribution in [3.8, 4) is 0 Å². The van der Waals surface area contributed by atoms with Crippen LogP contribution >= 0.6 is 12.4 Å². The summed E-state index contributed by atoms with van der Waals surface area (Å²) in [5.74, 6) is 0. The van der Waals surface area contributed by atoms with Crippen molar-refractivity contribution in [1.82, 2.24) is 4.90 Å². The third-order valence-electron chi connectivity index (χ3n) is 2.54. The largest absolute Gasteiger partial charge is 0.147 e. The third kappa shape index (κ3) is 2.83. The molecular formula is C11H17ClN2OSe. The molecule has 90 valence electrons. The van der Waals surface area contributed by atoms with Gasteiger partial charge in [-0.3, -0.25) is 0 Å². The molecule has 0 N–H and O–H groups in total. The van der Waals surface area contributed by atoms with Gasteiger partial charge in [-0.25, -0.2) is 0 Å². The fourth-order valence-electron chi connectivity index (χ4n) is 1.70. The van der Waals surface area contributed by atoms with Crippen molar-refractivity contribution in [1.29, 1.82) is 0 Å². The Morgan fingerprint density at radius 3 is 2.75 bits per heavy atom. The Kier molecular flexibility index (Phi) is 4.93. The molecule has 0 saturated heterocycles. The van der Waals surface area contributed by atoms with E-state index in [0.29, 0.717) is 0 Å². The summed E-state index contributed by atoms with van der Waals surface area (Å²) >= 11 is -1.78. The first-order valence-corrected chi connectivity index (χ1v) is 7.82. The maximum atomic E-state index is 11.9. The molecule has 0 amide bonds. The van der Waals surface area contributed by atoms with E-state index in [-0.39, 0.29) is 12.4 Å². The zero-order chi connectivity index (χ0) is 10.8. The van der Waals surface area contributed by atoms with Crippen molar-refractivity contribution in [3.63, 3.8) is 0 Å². The molecule has 0 bridgehead atoms. The summed E-state index contributed by atoms with van der Waals surface area (Å²) in [5, 5.41) is 0. The minimum Gasteiger partial charge on any atom is -0.147 e. The molecule has 0 fully saturated rings. The second-order valence-corrected chi connectivity index (χ2v) is 6.92. The summed E-state index contributed by atoms with van der Waals surface area (Å²) in [5.41, 5.74) is 1.92. The molecule has 1 atom stereocenters. The van der Waals surface area contributed by atoms with Crippen LogP contribution in [-0.2, 0) is 3.83 Å². The third-order valence-corrected chi connectivity index (χ3v) is 5.44. The molecule has 1 heterocycles. The zero-order valence-electron chi connectivity index (χ0n) is 9.55. The molecule has 16 heavy (non-hydrogen) atoms. The van der Waals surface area contributed by atoms with Gasteiger partial charge >= 0.3 is 94.5 Å². The molecular weight excluding hydrogens is 291 g/mol. The second kappa shape index (κ2) is 5.78. The molecule has 0 aliphatic carbocycles. The van der Waals surface area contributed by atoms with Gasteiger partial charge in [-0.15, -0.1) is 12.4 Å². The minimum atomic E-state index is -1.78. The van der Waals surface area contributed by atoms with Crippen molar-refractivity contribution in [3.05, 3.63) is 24.3 Å². The Hall–Kier alpha value is -0.411. The van der Waals surface area contributed by atoms with E-state index in [0.717, 1.165) is 23.0 Å². The van der Waals surface area contributed by atoms with Crippen LogP contribution in [0.1, 0.15) is 0 Å². The molecule has 1 unspecified atom stereocenters. The molecule has 0 spiro atoms. The smallest absolute Gasteiger partial charge is 0.147 e. The van der Waals surface area contributed by atoms with Crippen molar-refractivity contribution in [2.75, 3.05) is 37.5 Å². The fourth-order valence-corrected chi connectivity index (χ4v) is 4.53. The van der Waals surface area contributed by atoms with Crippen LogP contribution < -0.4 is 9.36 Å². The molecule has 1 aliphatic rings. The molecule has 3 nitrogen and oxygen atoms in total. The average Bonchev–Trinajstić information content (AvgIpc) is 2.54. The van der Waals surface area contributed by atoms with Crippen LogP contribution in [0.15, 0.2) is 24.3 Å². The number of fused-ring (bicyclic) bond motifs is 1. The van der Waals surface area contributed by atoms with Crippen LogP contribution in [0, 0.1) is 0 Å². The van der Waals surface area contributed by atoms with Gasteiger partial charge in [0.2, 0.25) is 0 Å². The van der Waals surface area contributed by atoms with Crippen LogP contribution in [-0.4, -0.2) is 51.4 Å². The van der Waals surface area contributed by atoms with Gasteiger partial charge in [-0.05, 0) is 0 Å². The SMILES string of the molecule is CN(C)CCN1C[Se](=O)c2ccccc21.Cl. The van der Waals surface area contributed by atoms with Crippen molar-refractivity contribution in [2.45, 2.75) is 0 Å². The number of hydrogen-bond acceptors (Lipinski definition) is 3. The Bertz CT molecular complexity index is 384. The Morgan fingerprint density at radius 1 is 1.38 bits per heavy atom.